The number of carbonyl (C=O) groups excluding carboxylic acids is 1. The third-order valence-corrected chi connectivity index (χ3v) is 3.27. The average molecular weight is 228 g/mol. The molecule has 16 heavy (non-hydrogen) atoms. The lowest BCUT2D eigenvalue weighted by molar-refractivity contribution is -0.144. The van der Waals surface area contributed by atoms with Gasteiger partial charge in [0.15, 0.2) is 0 Å². The number of carbonyl (C=O) groups is 2. The van der Waals surface area contributed by atoms with E-state index in [1.807, 2.05) is 13.8 Å². The zero-order chi connectivity index (χ0) is 12.3. The zero-order valence-corrected chi connectivity index (χ0v) is 10.1. The van der Waals surface area contributed by atoms with Crippen molar-refractivity contribution in [2.24, 2.45) is 0 Å². The largest absolute Gasteiger partial charge is 0.481 e. The molecule has 0 aliphatic carbocycles. The molecular weight excluding hydrogens is 208 g/mol. The van der Waals surface area contributed by atoms with Crippen LogP contribution in [0.2, 0.25) is 0 Å². The molecule has 1 aliphatic rings. The number of piperazine rings is 1. The van der Waals surface area contributed by atoms with Crippen molar-refractivity contribution >= 4 is 11.9 Å². The highest BCUT2D eigenvalue weighted by molar-refractivity contribution is 5.83. The van der Waals surface area contributed by atoms with Crippen LogP contribution in [0, 0.1) is 0 Å². The van der Waals surface area contributed by atoms with Crippen molar-refractivity contribution < 1.29 is 14.7 Å². The van der Waals surface area contributed by atoms with Gasteiger partial charge in [-0.15, -0.1) is 0 Å². The second kappa shape index (κ2) is 5.30. The van der Waals surface area contributed by atoms with Gasteiger partial charge in [0.05, 0.1) is 6.04 Å². The summed E-state index contributed by atoms with van der Waals surface area (Å²) in [6, 6.07) is -0.0594. The van der Waals surface area contributed by atoms with Gasteiger partial charge in [0, 0.05) is 26.1 Å². The molecule has 1 rings (SSSR count). The van der Waals surface area contributed by atoms with Crippen molar-refractivity contribution in [1.29, 1.82) is 0 Å². The number of rotatable bonds is 4. The van der Waals surface area contributed by atoms with Crippen LogP contribution in [0.1, 0.15) is 26.7 Å². The first-order valence-electron chi connectivity index (χ1n) is 5.69. The number of amides is 1. The van der Waals surface area contributed by atoms with E-state index in [2.05, 4.69) is 4.90 Å². The van der Waals surface area contributed by atoms with Gasteiger partial charge in [-0.2, -0.15) is 0 Å². The van der Waals surface area contributed by atoms with Gasteiger partial charge in [-0.05, 0) is 19.9 Å². The molecule has 1 heterocycles. The number of likely N-dealkylation sites (N-methyl/N-ethyl adjacent to an activating group) is 2. The molecule has 0 saturated carbocycles. The van der Waals surface area contributed by atoms with E-state index in [1.165, 1.54) is 0 Å². The first-order chi connectivity index (χ1) is 7.47. The van der Waals surface area contributed by atoms with Crippen molar-refractivity contribution in [2.45, 2.75) is 38.8 Å². The van der Waals surface area contributed by atoms with Gasteiger partial charge < -0.3 is 10.0 Å². The fraction of sp³-hybridized carbons (Fsp3) is 0.818. The number of carboxylic acid groups (broad SMARTS) is 1. The number of aliphatic carboxylic acids is 1. The van der Waals surface area contributed by atoms with Crippen LogP contribution in [-0.4, -0.2) is 59.0 Å². The van der Waals surface area contributed by atoms with Gasteiger partial charge in [-0.25, -0.2) is 0 Å². The number of nitrogens with zero attached hydrogens (tertiary/aromatic N) is 2. The molecule has 1 saturated heterocycles. The minimum Gasteiger partial charge on any atom is -0.481 e. The monoisotopic (exact) mass is 228 g/mol. The van der Waals surface area contributed by atoms with E-state index in [0.717, 1.165) is 13.1 Å². The minimum atomic E-state index is -0.842. The van der Waals surface area contributed by atoms with Gasteiger partial charge in [-0.1, -0.05) is 6.92 Å². The Morgan fingerprint density at radius 2 is 2.19 bits per heavy atom. The van der Waals surface area contributed by atoms with E-state index in [9.17, 15) is 9.59 Å². The van der Waals surface area contributed by atoms with Crippen molar-refractivity contribution in [3.8, 4) is 0 Å². The van der Waals surface area contributed by atoms with Crippen LogP contribution in [-0.2, 0) is 9.59 Å². The lowest BCUT2D eigenvalue weighted by atomic mass is 10.0. The molecule has 0 aromatic carbocycles. The molecule has 1 fully saturated rings. The van der Waals surface area contributed by atoms with Crippen LogP contribution in [0.5, 0.6) is 0 Å². The van der Waals surface area contributed by atoms with E-state index in [4.69, 9.17) is 5.11 Å². The van der Waals surface area contributed by atoms with Gasteiger partial charge >= 0.3 is 5.97 Å². The lowest BCUT2D eigenvalue weighted by Crippen LogP contribution is -2.59. The summed E-state index contributed by atoms with van der Waals surface area (Å²) in [5.41, 5.74) is 0. The Morgan fingerprint density at radius 3 is 2.69 bits per heavy atom. The number of hydrogen-bond acceptors (Lipinski definition) is 3. The Bertz CT molecular complexity index is 280. The third kappa shape index (κ3) is 2.72. The van der Waals surface area contributed by atoms with E-state index in [1.54, 1.807) is 11.9 Å². The predicted octanol–water partition coefficient (Wildman–Crippen LogP) is 0.402. The Labute approximate surface area is 96.0 Å². The van der Waals surface area contributed by atoms with Crippen molar-refractivity contribution in [3.05, 3.63) is 0 Å². The predicted molar refractivity (Wildman–Crippen MR) is 60.1 cm³/mol. The second-order valence-corrected chi connectivity index (χ2v) is 4.33. The van der Waals surface area contributed by atoms with Gasteiger partial charge in [0.25, 0.3) is 0 Å². The molecule has 2 unspecified atom stereocenters. The maximum Gasteiger partial charge on any atom is 0.303 e. The molecule has 5 heteroatoms. The van der Waals surface area contributed by atoms with E-state index in [0.29, 0.717) is 6.42 Å². The van der Waals surface area contributed by atoms with Crippen LogP contribution in [0.15, 0.2) is 0 Å². The summed E-state index contributed by atoms with van der Waals surface area (Å²) in [5.74, 6) is -0.799. The smallest absolute Gasteiger partial charge is 0.303 e. The van der Waals surface area contributed by atoms with Gasteiger partial charge in [-0.3, -0.25) is 14.5 Å². The summed E-state index contributed by atoms with van der Waals surface area (Å²) < 4.78 is 0. The zero-order valence-electron chi connectivity index (χ0n) is 10.1. The van der Waals surface area contributed by atoms with E-state index < -0.39 is 5.97 Å². The summed E-state index contributed by atoms with van der Waals surface area (Å²) in [6.07, 6.45) is 0.453. The molecule has 0 radical (unpaired) electrons. The van der Waals surface area contributed by atoms with Crippen molar-refractivity contribution in [2.75, 3.05) is 20.1 Å². The lowest BCUT2D eigenvalue weighted by Gasteiger charge is -2.42. The van der Waals surface area contributed by atoms with Crippen molar-refractivity contribution in [3.63, 3.8) is 0 Å². The van der Waals surface area contributed by atoms with Gasteiger partial charge in [0.2, 0.25) is 5.91 Å². The van der Waals surface area contributed by atoms with Crippen LogP contribution in [0.4, 0.5) is 0 Å². The molecule has 0 aromatic rings. The molecule has 92 valence electrons. The van der Waals surface area contributed by atoms with E-state index in [-0.39, 0.29) is 24.4 Å². The Kier molecular flexibility index (Phi) is 4.29. The Morgan fingerprint density at radius 1 is 1.56 bits per heavy atom. The summed E-state index contributed by atoms with van der Waals surface area (Å²) in [6.45, 7) is 5.62. The Hall–Kier alpha value is -1.10. The first-order valence-corrected chi connectivity index (χ1v) is 5.69. The maximum atomic E-state index is 12.0. The first kappa shape index (κ1) is 13.0. The fourth-order valence-corrected chi connectivity index (χ4v) is 2.11. The standard InChI is InChI=1S/C11H20N2O3/c1-4-13-7-8(2)12(3)11(16)9(13)5-6-10(14)15/h8-9H,4-7H2,1-3H3,(H,14,15). The van der Waals surface area contributed by atoms with Crippen LogP contribution >= 0.6 is 0 Å². The summed E-state index contributed by atoms with van der Waals surface area (Å²) in [7, 11) is 1.79. The highest BCUT2D eigenvalue weighted by Gasteiger charge is 2.35. The molecule has 0 bridgehead atoms. The Balaban J connectivity index is 2.69. The molecule has 0 aromatic heterocycles. The van der Waals surface area contributed by atoms with E-state index >= 15 is 0 Å². The fourth-order valence-electron chi connectivity index (χ4n) is 2.11. The minimum absolute atomic E-state index is 0.0434. The normalized spacial score (nSPS) is 27.2. The highest BCUT2D eigenvalue weighted by atomic mass is 16.4. The molecule has 1 aliphatic heterocycles. The van der Waals surface area contributed by atoms with Crippen LogP contribution in [0.25, 0.3) is 0 Å². The molecule has 0 spiro atoms. The number of hydrogen-bond donors (Lipinski definition) is 1. The summed E-state index contributed by atoms with van der Waals surface area (Å²) >= 11 is 0. The average Bonchev–Trinajstić information content (AvgIpc) is 2.23. The maximum absolute atomic E-state index is 12.0. The number of carboxylic acids is 1. The second-order valence-electron chi connectivity index (χ2n) is 4.33. The van der Waals surface area contributed by atoms with Gasteiger partial charge in [0.1, 0.15) is 0 Å². The van der Waals surface area contributed by atoms with Crippen LogP contribution < -0.4 is 0 Å². The molecule has 1 N–H and O–H groups in total. The summed E-state index contributed by atoms with van der Waals surface area (Å²) in [5, 5.41) is 8.66. The molecule has 2 atom stereocenters. The highest BCUT2D eigenvalue weighted by Crippen LogP contribution is 2.18. The molecule has 1 amide bonds. The topological polar surface area (TPSA) is 60.9 Å². The van der Waals surface area contributed by atoms with Crippen molar-refractivity contribution in [1.82, 2.24) is 9.80 Å². The molecular formula is C11H20N2O3. The SMILES string of the molecule is CCN1CC(C)N(C)C(=O)C1CCC(=O)O. The third-order valence-electron chi connectivity index (χ3n) is 3.27. The molecule has 5 nitrogen and oxygen atoms in total. The van der Waals surface area contributed by atoms with Crippen LogP contribution in [0.3, 0.4) is 0 Å². The quantitative estimate of drug-likeness (QED) is 0.756. The summed E-state index contributed by atoms with van der Waals surface area (Å²) in [4.78, 5) is 26.3.